The van der Waals surface area contributed by atoms with Crippen LogP contribution in [-0.4, -0.2) is 74.8 Å². The van der Waals surface area contributed by atoms with Crippen molar-refractivity contribution >= 4 is 16.8 Å². The van der Waals surface area contributed by atoms with Crippen LogP contribution in [0.15, 0.2) is 72.2 Å². The fraction of sp³-hybridized carbons (Fsp3) is 0.414. The van der Waals surface area contributed by atoms with Crippen LogP contribution in [0, 0.1) is 0 Å². The summed E-state index contributed by atoms with van der Waals surface area (Å²) in [7, 11) is 0. The zero-order valence-corrected chi connectivity index (χ0v) is 21.4. The topological polar surface area (TPSA) is 68.4 Å². The zero-order valence-electron chi connectivity index (χ0n) is 21.4. The van der Waals surface area contributed by atoms with Crippen LogP contribution in [0.3, 0.4) is 0 Å². The molecule has 5 rings (SSSR count). The third kappa shape index (κ3) is 5.13. The Morgan fingerprint density at radius 1 is 1.00 bits per heavy atom. The average Bonchev–Trinajstić information content (AvgIpc) is 3.44. The highest BCUT2D eigenvalue weighted by atomic mass is 16.2. The minimum absolute atomic E-state index is 0.149. The number of para-hydroxylation sites is 1. The Morgan fingerprint density at radius 3 is 2.50 bits per heavy atom. The molecule has 1 aliphatic carbocycles. The maximum atomic E-state index is 12.9. The van der Waals surface area contributed by atoms with Gasteiger partial charge in [-0.15, -0.1) is 0 Å². The largest absolute Gasteiger partial charge is 0.348 e. The molecule has 3 aromatic rings. The number of pyridine rings is 1. The molecule has 2 aliphatic rings. The number of allylic oxidation sites excluding steroid dienone is 2. The van der Waals surface area contributed by atoms with Crippen LogP contribution < -0.4 is 0 Å². The first-order valence-corrected chi connectivity index (χ1v) is 13.1. The molecule has 0 spiro atoms. The fourth-order valence-electron chi connectivity index (χ4n) is 5.53. The summed E-state index contributed by atoms with van der Waals surface area (Å²) in [5.41, 5.74) is 4.60. The standard InChI is InChI=1S/C29H36N6O/c1-3-34(4-2)29(36)24-12-10-23(11-13-24)28(25-9-5-7-22-8-6-14-32-27(22)25)35-19-17-33(18-20-35)21-26-30-15-16-31-26/h5-10,12,14-16,28H,3-4,11,13,17-21H2,1-2H3,(H,30,31). The minimum Gasteiger partial charge on any atom is -0.348 e. The van der Waals surface area contributed by atoms with Gasteiger partial charge < -0.3 is 9.88 Å². The number of aromatic nitrogens is 3. The SMILES string of the molecule is CCN(CC)C(=O)C1=CC=C(C(c2cccc3cccnc23)N2CCN(Cc3ncc[nH]3)CC2)CC1. The van der Waals surface area contributed by atoms with E-state index in [0.717, 1.165) is 75.6 Å². The van der Waals surface area contributed by atoms with Crippen LogP contribution in [-0.2, 0) is 11.3 Å². The number of piperazine rings is 1. The van der Waals surface area contributed by atoms with Crippen LogP contribution in [0.25, 0.3) is 10.9 Å². The second kappa shape index (κ2) is 11.2. The molecule has 1 aliphatic heterocycles. The number of amides is 1. The first-order chi connectivity index (χ1) is 17.7. The van der Waals surface area contributed by atoms with E-state index in [4.69, 9.17) is 4.98 Å². The van der Waals surface area contributed by atoms with E-state index in [1.807, 2.05) is 43.4 Å². The second-order valence-electron chi connectivity index (χ2n) is 9.58. The molecule has 36 heavy (non-hydrogen) atoms. The smallest absolute Gasteiger partial charge is 0.249 e. The summed E-state index contributed by atoms with van der Waals surface area (Å²) in [5, 5.41) is 1.17. The van der Waals surface area contributed by atoms with E-state index >= 15 is 0 Å². The molecule has 2 aromatic heterocycles. The Hall–Kier alpha value is -3.29. The molecular weight excluding hydrogens is 448 g/mol. The number of likely N-dealkylation sites (N-methyl/N-ethyl adjacent to an activating group) is 1. The summed E-state index contributed by atoms with van der Waals surface area (Å²) in [6.07, 6.45) is 11.5. The number of nitrogens with zero attached hydrogens (tertiary/aromatic N) is 5. The third-order valence-corrected chi connectivity index (χ3v) is 7.52. The molecule has 1 aromatic carbocycles. The Bertz CT molecular complexity index is 1230. The van der Waals surface area contributed by atoms with Gasteiger partial charge in [0, 0.05) is 68.8 Å². The lowest BCUT2D eigenvalue weighted by Gasteiger charge is -2.41. The minimum atomic E-state index is 0.149. The van der Waals surface area contributed by atoms with E-state index in [2.05, 4.69) is 56.2 Å². The summed E-state index contributed by atoms with van der Waals surface area (Å²) >= 11 is 0. The highest BCUT2D eigenvalue weighted by molar-refractivity contribution is 5.94. The molecule has 0 radical (unpaired) electrons. The molecule has 7 nitrogen and oxygen atoms in total. The molecule has 1 N–H and O–H groups in total. The van der Waals surface area contributed by atoms with Crippen molar-refractivity contribution in [2.75, 3.05) is 39.3 Å². The molecule has 1 amide bonds. The number of rotatable bonds is 8. The number of carbonyl (C=O) groups is 1. The first kappa shape index (κ1) is 24.4. The second-order valence-corrected chi connectivity index (χ2v) is 9.58. The van der Waals surface area contributed by atoms with Crippen LogP contribution >= 0.6 is 0 Å². The number of aromatic amines is 1. The molecule has 3 heterocycles. The van der Waals surface area contributed by atoms with Gasteiger partial charge in [0.25, 0.3) is 0 Å². The highest BCUT2D eigenvalue weighted by Crippen LogP contribution is 2.38. The number of hydrogen-bond donors (Lipinski definition) is 1. The van der Waals surface area contributed by atoms with Crippen molar-refractivity contribution in [1.82, 2.24) is 29.7 Å². The van der Waals surface area contributed by atoms with Crippen molar-refractivity contribution in [2.45, 2.75) is 39.3 Å². The van der Waals surface area contributed by atoms with E-state index in [1.165, 1.54) is 16.5 Å². The van der Waals surface area contributed by atoms with Gasteiger partial charge in [0.15, 0.2) is 0 Å². The monoisotopic (exact) mass is 484 g/mol. The summed E-state index contributed by atoms with van der Waals surface area (Å²) in [6.45, 7) is 10.4. The van der Waals surface area contributed by atoms with Crippen molar-refractivity contribution in [2.24, 2.45) is 0 Å². The van der Waals surface area contributed by atoms with Gasteiger partial charge in [-0.2, -0.15) is 0 Å². The molecular formula is C29H36N6O. The Labute approximate surface area is 213 Å². The van der Waals surface area contributed by atoms with Crippen LogP contribution in [0.5, 0.6) is 0 Å². The normalized spacial score (nSPS) is 18.1. The van der Waals surface area contributed by atoms with E-state index < -0.39 is 0 Å². The average molecular weight is 485 g/mol. The van der Waals surface area contributed by atoms with Gasteiger partial charge in [-0.3, -0.25) is 19.6 Å². The number of fused-ring (bicyclic) bond motifs is 1. The predicted octanol–water partition coefficient (Wildman–Crippen LogP) is 4.33. The number of H-pyrrole nitrogens is 1. The molecule has 1 unspecified atom stereocenters. The van der Waals surface area contributed by atoms with Gasteiger partial charge >= 0.3 is 0 Å². The van der Waals surface area contributed by atoms with Gasteiger partial charge in [0.05, 0.1) is 18.1 Å². The molecule has 188 valence electrons. The zero-order chi connectivity index (χ0) is 24.9. The van der Waals surface area contributed by atoms with E-state index in [9.17, 15) is 4.79 Å². The summed E-state index contributed by atoms with van der Waals surface area (Å²) in [6, 6.07) is 10.8. The first-order valence-electron chi connectivity index (χ1n) is 13.1. The van der Waals surface area contributed by atoms with Gasteiger partial charge in [-0.05, 0) is 43.9 Å². The van der Waals surface area contributed by atoms with E-state index in [1.54, 1.807) is 0 Å². The number of carbonyl (C=O) groups excluding carboxylic acids is 1. The Morgan fingerprint density at radius 2 is 1.81 bits per heavy atom. The Kier molecular flexibility index (Phi) is 7.58. The summed E-state index contributed by atoms with van der Waals surface area (Å²) in [5.74, 6) is 1.19. The number of hydrogen-bond acceptors (Lipinski definition) is 5. The molecule has 1 fully saturated rings. The van der Waals surface area contributed by atoms with Crippen molar-refractivity contribution in [3.05, 3.63) is 83.6 Å². The number of nitrogens with one attached hydrogen (secondary N) is 1. The van der Waals surface area contributed by atoms with Crippen molar-refractivity contribution in [1.29, 1.82) is 0 Å². The quantitative estimate of drug-likeness (QED) is 0.515. The van der Waals surface area contributed by atoms with Gasteiger partial charge in [-0.25, -0.2) is 4.98 Å². The van der Waals surface area contributed by atoms with Crippen molar-refractivity contribution < 1.29 is 4.79 Å². The van der Waals surface area contributed by atoms with Gasteiger partial charge in [0.2, 0.25) is 5.91 Å². The van der Waals surface area contributed by atoms with Gasteiger partial charge in [-0.1, -0.05) is 36.4 Å². The highest BCUT2D eigenvalue weighted by Gasteiger charge is 2.31. The molecule has 0 saturated carbocycles. The van der Waals surface area contributed by atoms with Crippen LogP contribution in [0.2, 0.25) is 0 Å². The summed E-state index contributed by atoms with van der Waals surface area (Å²) in [4.78, 5) is 32.3. The number of benzene rings is 1. The molecule has 1 atom stereocenters. The van der Waals surface area contributed by atoms with Gasteiger partial charge in [0.1, 0.15) is 5.82 Å². The molecule has 7 heteroatoms. The molecule has 1 saturated heterocycles. The predicted molar refractivity (Wildman–Crippen MR) is 143 cm³/mol. The molecule has 0 bridgehead atoms. The maximum absolute atomic E-state index is 12.9. The lowest BCUT2D eigenvalue weighted by Crippen LogP contribution is -2.47. The van der Waals surface area contributed by atoms with Crippen molar-refractivity contribution in [3.8, 4) is 0 Å². The van der Waals surface area contributed by atoms with Crippen LogP contribution in [0.1, 0.15) is 44.1 Å². The lowest BCUT2D eigenvalue weighted by molar-refractivity contribution is -0.126. The lowest BCUT2D eigenvalue weighted by atomic mass is 9.87. The third-order valence-electron chi connectivity index (χ3n) is 7.52. The fourth-order valence-corrected chi connectivity index (χ4v) is 5.53. The summed E-state index contributed by atoms with van der Waals surface area (Å²) < 4.78 is 0. The Balaban J connectivity index is 1.43. The van der Waals surface area contributed by atoms with E-state index in [-0.39, 0.29) is 11.9 Å². The van der Waals surface area contributed by atoms with Crippen LogP contribution in [0.4, 0.5) is 0 Å². The van der Waals surface area contributed by atoms with E-state index in [0.29, 0.717) is 0 Å². The van der Waals surface area contributed by atoms with Crippen molar-refractivity contribution in [3.63, 3.8) is 0 Å². The number of imidazole rings is 1. The maximum Gasteiger partial charge on any atom is 0.249 e.